The molecule has 0 aliphatic heterocycles. The Balaban J connectivity index is 0.000000152. The van der Waals surface area contributed by atoms with Gasteiger partial charge in [-0.3, -0.25) is 0 Å². The van der Waals surface area contributed by atoms with Crippen LogP contribution in [0.15, 0.2) is 36.4 Å². The molecular weight excluding hydrogens is 480 g/mol. The molecule has 0 radical (unpaired) electrons. The number of nitrogens with two attached hydrogens (primary N) is 2. The van der Waals surface area contributed by atoms with Crippen molar-refractivity contribution in [1.82, 2.24) is 40.0 Å². The molecule has 14 heteroatoms. The number of carbonyl (C=O) groups excluding carboxylic acids is 1. The zero-order valence-corrected chi connectivity index (χ0v) is 19.9. The van der Waals surface area contributed by atoms with E-state index in [0.29, 0.717) is 49.9 Å². The maximum atomic E-state index is 11.6. The predicted octanol–water partition coefficient (Wildman–Crippen LogP) is 1.68. The third-order valence-corrected chi connectivity index (χ3v) is 5.57. The molecular formula is C23H20N10O4. The van der Waals surface area contributed by atoms with Crippen molar-refractivity contribution in [2.24, 2.45) is 14.1 Å². The molecule has 6 rings (SSSR count). The molecule has 0 spiro atoms. The second-order valence-corrected chi connectivity index (χ2v) is 8.03. The fourth-order valence-electron chi connectivity index (χ4n) is 3.91. The number of benzene rings is 2. The zero-order chi connectivity index (χ0) is 26.4. The van der Waals surface area contributed by atoms with Crippen LogP contribution in [0.1, 0.15) is 20.7 Å². The Kier molecular flexibility index (Phi) is 5.47. The van der Waals surface area contributed by atoms with Crippen molar-refractivity contribution in [2.75, 3.05) is 18.6 Å². The molecule has 0 aliphatic carbocycles. The van der Waals surface area contributed by atoms with Gasteiger partial charge in [0, 0.05) is 24.9 Å². The standard InChI is InChI=1S/C12H11N5O2.C11H9N5O2/c1-17-15-9-7-5-6(12(18)19-2)3-4-8(7)14-11(13)10(9)16-17;1-16-14-8-6-4-5(11(17)18)2-3-7(6)13-10(12)9(8)15-16/h3-5H,1-2H3,(H2,13,14);2-4H,1H3,(H2,12,13)(H,17,18). The van der Waals surface area contributed by atoms with E-state index in [-0.39, 0.29) is 11.4 Å². The number of rotatable bonds is 2. The highest BCUT2D eigenvalue weighted by Gasteiger charge is 2.15. The Morgan fingerprint density at radius 2 is 1.19 bits per heavy atom. The number of hydrogen-bond acceptors (Lipinski definition) is 11. The van der Waals surface area contributed by atoms with E-state index in [1.807, 2.05) is 0 Å². The third kappa shape index (κ3) is 4.05. The van der Waals surface area contributed by atoms with E-state index in [9.17, 15) is 9.59 Å². The van der Waals surface area contributed by atoms with E-state index >= 15 is 0 Å². The molecule has 0 fully saturated rings. The van der Waals surface area contributed by atoms with E-state index in [2.05, 4.69) is 30.4 Å². The number of nitrogens with zero attached hydrogens (tertiary/aromatic N) is 8. The lowest BCUT2D eigenvalue weighted by Gasteiger charge is -2.03. The van der Waals surface area contributed by atoms with Crippen molar-refractivity contribution in [3.8, 4) is 0 Å². The number of pyridine rings is 2. The first-order valence-corrected chi connectivity index (χ1v) is 10.8. The van der Waals surface area contributed by atoms with Crippen LogP contribution >= 0.6 is 0 Å². The highest BCUT2D eigenvalue weighted by molar-refractivity contribution is 6.08. The molecule has 0 bridgehead atoms. The molecule has 0 saturated heterocycles. The number of carboxylic acids is 1. The van der Waals surface area contributed by atoms with Crippen LogP contribution in [0.3, 0.4) is 0 Å². The largest absolute Gasteiger partial charge is 0.478 e. The Morgan fingerprint density at radius 3 is 1.65 bits per heavy atom. The Morgan fingerprint density at radius 1 is 0.757 bits per heavy atom. The molecule has 5 N–H and O–H groups in total. The Bertz CT molecular complexity index is 1870. The smallest absolute Gasteiger partial charge is 0.337 e. The van der Waals surface area contributed by atoms with Crippen molar-refractivity contribution in [1.29, 1.82) is 0 Å². The van der Waals surface area contributed by atoms with Crippen LogP contribution in [0, 0.1) is 0 Å². The van der Waals surface area contributed by atoms with Crippen LogP contribution in [0.5, 0.6) is 0 Å². The normalized spacial score (nSPS) is 11.1. The van der Waals surface area contributed by atoms with E-state index in [1.54, 1.807) is 38.4 Å². The Hall–Kier alpha value is -5.40. The van der Waals surface area contributed by atoms with E-state index in [4.69, 9.17) is 21.3 Å². The van der Waals surface area contributed by atoms with Crippen molar-refractivity contribution in [3.05, 3.63) is 47.5 Å². The molecule has 0 aliphatic rings. The fourth-order valence-corrected chi connectivity index (χ4v) is 3.91. The number of hydrogen-bond donors (Lipinski definition) is 3. The highest BCUT2D eigenvalue weighted by Crippen LogP contribution is 2.27. The summed E-state index contributed by atoms with van der Waals surface area (Å²) >= 11 is 0. The second-order valence-electron chi connectivity index (χ2n) is 8.03. The molecule has 37 heavy (non-hydrogen) atoms. The first kappa shape index (κ1) is 23.3. The number of anilines is 2. The first-order chi connectivity index (χ1) is 17.7. The SMILES string of the molecule is COC(=O)c1ccc2nc(N)c3nn(C)nc3c2c1.Cn1nc2c(N)nc3ccc(C(=O)O)cc3c2n1. The number of aryl methyl sites for hydroxylation is 2. The second kappa shape index (κ2) is 8.67. The van der Waals surface area contributed by atoms with E-state index < -0.39 is 11.9 Å². The van der Waals surface area contributed by atoms with Gasteiger partial charge in [-0.25, -0.2) is 19.6 Å². The van der Waals surface area contributed by atoms with Crippen LogP contribution < -0.4 is 11.5 Å². The molecule has 0 saturated carbocycles. The van der Waals surface area contributed by atoms with Crippen LogP contribution in [-0.2, 0) is 18.8 Å². The van der Waals surface area contributed by atoms with Gasteiger partial charge in [0.05, 0.1) is 29.3 Å². The summed E-state index contributed by atoms with van der Waals surface area (Å²) in [4.78, 5) is 33.8. The van der Waals surface area contributed by atoms with Crippen LogP contribution in [0.2, 0.25) is 0 Å². The van der Waals surface area contributed by atoms with Crippen molar-refractivity contribution >= 4 is 67.4 Å². The number of carboxylic acid groups (broad SMARTS) is 1. The summed E-state index contributed by atoms with van der Waals surface area (Å²) in [5.41, 5.74) is 15.7. The quantitative estimate of drug-likeness (QED) is 0.291. The average molecular weight is 500 g/mol. The minimum atomic E-state index is -0.995. The summed E-state index contributed by atoms with van der Waals surface area (Å²) in [6.45, 7) is 0. The van der Waals surface area contributed by atoms with Crippen molar-refractivity contribution < 1.29 is 19.4 Å². The minimum Gasteiger partial charge on any atom is -0.478 e. The number of methoxy groups -OCH3 is 1. The van der Waals surface area contributed by atoms with E-state index in [0.717, 1.165) is 5.39 Å². The first-order valence-electron chi connectivity index (χ1n) is 10.8. The number of carbonyl (C=O) groups is 2. The van der Waals surface area contributed by atoms with Gasteiger partial charge in [-0.1, -0.05) is 0 Å². The lowest BCUT2D eigenvalue weighted by atomic mass is 10.1. The van der Waals surface area contributed by atoms with Gasteiger partial charge in [-0.15, -0.1) is 10.2 Å². The lowest BCUT2D eigenvalue weighted by molar-refractivity contribution is 0.0600. The minimum absolute atomic E-state index is 0.182. The summed E-state index contributed by atoms with van der Waals surface area (Å²) < 4.78 is 4.70. The summed E-state index contributed by atoms with van der Waals surface area (Å²) in [6, 6.07) is 9.67. The van der Waals surface area contributed by atoms with Gasteiger partial charge < -0.3 is 21.3 Å². The van der Waals surface area contributed by atoms with Crippen LogP contribution in [0.4, 0.5) is 11.6 Å². The summed E-state index contributed by atoms with van der Waals surface area (Å²) in [6.07, 6.45) is 0. The molecule has 14 nitrogen and oxygen atoms in total. The maximum Gasteiger partial charge on any atom is 0.337 e. The summed E-state index contributed by atoms with van der Waals surface area (Å²) in [7, 11) is 4.72. The highest BCUT2D eigenvalue weighted by atomic mass is 16.5. The van der Waals surface area contributed by atoms with E-state index in [1.165, 1.54) is 28.8 Å². The monoisotopic (exact) mass is 500 g/mol. The molecule has 4 heterocycles. The maximum absolute atomic E-state index is 11.6. The van der Waals surface area contributed by atoms with Gasteiger partial charge in [0.15, 0.2) is 22.7 Å². The number of fused-ring (bicyclic) bond motifs is 6. The molecule has 0 amide bonds. The molecule has 6 aromatic rings. The fraction of sp³-hybridized carbons (Fsp3) is 0.130. The van der Waals surface area contributed by atoms with Gasteiger partial charge in [0.2, 0.25) is 0 Å². The number of aromatic nitrogens is 8. The predicted molar refractivity (Wildman–Crippen MR) is 135 cm³/mol. The van der Waals surface area contributed by atoms with Gasteiger partial charge in [-0.2, -0.15) is 19.8 Å². The van der Waals surface area contributed by atoms with Gasteiger partial charge >= 0.3 is 11.9 Å². The number of nitrogen functional groups attached to an aromatic ring is 2. The zero-order valence-electron chi connectivity index (χ0n) is 19.9. The van der Waals surface area contributed by atoms with Gasteiger partial charge in [0.1, 0.15) is 11.0 Å². The van der Waals surface area contributed by atoms with Crippen molar-refractivity contribution in [2.45, 2.75) is 0 Å². The lowest BCUT2D eigenvalue weighted by Crippen LogP contribution is -2.01. The van der Waals surface area contributed by atoms with Crippen molar-refractivity contribution in [3.63, 3.8) is 0 Å². The molecule has 0 unspecified atom stereocenters. The third-order valence-electron chi connectivity index (χ3n) is 5.57. The topological polar surface area (TPSA) is 203 Å². The summed E-state index contributed by atoms with van der Waals surface area (Å²) in [5, 5.41) is 27.1. The van der Waals surface area contributed by atoms with Gasteiger partial charge in [-0.05, 0) is 36.4 Å². The number of esters is 1. The molecule has 186 valence electrons. The number of ether oxygens (including phenoxy) is 1. The Labute approximate surface area is 207 Å². The molecule has 2 aromatic carbocycles. The summed E-state index contributed by atoms with van der Waals surface area (Å²) in [5.74, 6) is -0.795. The number of aromatic carboxylic acids is 1. The molecule has 0 atom stereocenters. The molecule has 4 aromatic heterocycles. The van der Waals surface area contributed by atoms with Gasteiger partial charge in [0.25, 0.3) is 0 Å². The van der Waals surface area contributed by atoms with Crippen LogP contribution in [0.25, 0.3) is 43.9 Å². The van der Waals surface area contributed by atoms with Crippen LogP contribution in [-0.4, -0.2) is 64.1 Å². The average Bonchev–Trinajstić information content (AvgIpc) is 3.47.